The van der Waals surface area contributed by atoms with Crippen LogP contribution >= 0.6 is 0 Å². The normalized spacial score (nSPS) is 31.8. The van der Waals surface area contributed by atoms with Crippen LogP contribution in [-0.4, -0.2) is 73.7 Å². The second-order valence-electron chi connectivity index (χ2n) is 8.92. The largest absolute Gasteiger partial charge is 0.355 e. The van der Waals surface area contributed by atoms with Crippen LogP contribution in [0.25, 0.3) is 0 Å². The van der Waals surface area contributed by atoms with Gasteiger partial charge in [-0.15, -0.1) is 0 Å². The molecule has 3 unspecified atom stereocenters. The lowest BCUT2D eigenvalue weighted by molar-refractivity contribution is 0.0958. The number of nitrogens with one attached hydrogen (secondary N) is 2. The molecule has 1 heterocycles. The van der Waals surface area contributed by atoms with Gasteiger partial charge in [-0.05, 0) is 51.9 Å². The summed E-state index contributed by atoms with van der Waals surface area (Å²) >= 11 is 0. The van der Waals surface area contributed by atoms with Crippen LogP contribution in [0, 0.1) is 11.8 Å². The molecule has 138 valence electrons. The molecule has 24 heavy (non-hydrogen) atoms. The van der Waals surface area contributed by atoms with E-state index >= 15 is 0 Å². The Kier molecular flexibility index (Phi) is 5.70. The Morgan fingerprint density at radius 2 is 1.79 bits per heavy atom. The molecule has 0 aromatic rings. The first kappa shape index (κ1) is 18.0. The molecule has 3 atom stereocenters. The summed E-state index contributed by atoms with van der Waals surface area (Å²) in [6.45, 7) is 13.1. The molecular formula is C19H37N5. The van der Waals surface area contributed by atoms with E-state index in [4.69, 9.17) is 0 Å². The molecule has 0 spiro atoms. The van der Waals surface area contributed by atoms with E-state index < -0.39 is 0 Å². The van der Waals surface area contributed by atoms with Crippen molar-refractivity contribution < 1.29 is 0 Å². The smallest absolute Gasteiger partial charge is 0.193 e. The van der Waals surface area contributed by atoms with Gasteiger partial charge in [0.05, 0.1) is 0 Å². The lowest BCUT2D eigenvalue weighted by Gasteiger charge is -2.42. The number of hydrogen-bond donors (Lipinski definition) is 2. The van der Waals surface area contributed by atoms with Crippen LogP contribution in [0.3, 0.4) is 0 Å². The van der Waals surface area contributed by atoms with Crippen molar-refractivity contribution in [1.82, 2.24) is 20.4 Å². The molecule has 1 aliphatic heterocycles. The summed E-state index contributed by atoms with van der Waals surface area (Å²) in [5.41, 5.74) is 0.178. The van der Waals surface area contributed by atoms with Gasteiger partial charge in [-0.25, -0.2) is 0 Å². The Bertz CT molecular complexity index is 434. The summed E-state index contributed by atoms with van der Waals surface area (Å²) in [6.07, 6.45) is 5.96. The number of nitrogens with zero attached hydrogens (tertiary/aromatic N) is 3. The van der Waals surface area contributed by atoms with Gasteiger partial charge in [-0.1, -0.05) is 6.42 Å². The molecule has 2 saturated carbocycles. The second kappa shape index (κ2) is 7.61. The van der Waals surface area contributed by atoms with Gasteiger partial charge in [0.2, 0.25) is 0 Å². The summed E-state index contributed by atoms with van der Waals surface area (Å²) in [6, 6.07) is 0.886. The highest BCUT2D eigenvalue weighted by atomic mass is 15.4. The second-order valence-corrected chi connectivity index (χ2v) is 8.92. The van der Waals surface area contributed by atoms with Crippen molar-refractivity contribution in [3.8, 4) is 0 Å². The fourth-order valence-electron chi connectivity index (χ4n) is 4.87. The van der Waals surface area contributed by atoms with Gasteiger partial charge in [0.15, 0.2) is 5.96 Å². The minimum absolute atomic E-state index is 0.178. The highest BCUT2D eigenvalue weighted by Gasteiger charge is 2.42. The molecular weight excluding hydrogens is 298 g/mol. The lowest BCUT2D eigenvalue weighted by Crippen LogP contribution is -2.56. The highest BCUT2D eigenvalue weighted by molar-refractivity contribution is 5.80. The van der Waals surface area contributed by atoms with E-state index in [9.17, 15) is 0 Å². The Morgan fingerprint density at radius 3 is 2.33 bits per heavy atom. The SMILES string of the molecule is CN=C(NCCNC(C)(C)C)N1CCN(C2CC3CCC2C3)CC1. The topological polar surface area (TPSA) is 42.9 Å². The van der Waals surface area contributed by atoms with Crippen LogP contribution in [0.15, 0.2) is 4.99 Å². The molecule has 1 saturated heterocycles. The van der Waals surface area contributed by atoms with Crippen LogP contribution < -0.4 is 10.6 Å². The quantitative estimate of drug-likeness (QED) is 0.467. The Morgan fingerprint density at radius 1 is 1.04 bits per heavy atom. The van der Waals surface area contributed by atoms with Gasteiger partial charge in [0, 0.05) is 57.9 Å². The van der Waals surface area contributed by atoms with Crippen LogP contribution in [0.2, 0.25) is 0 Å². The zero-order chi connectivity index (χ0) is 17.2. The third kappa shape index (κ3) is 4.42. The molecule has 5 nitrogen and oxygen atoms in total. The number of piperazine rings is 1. The first-order valence-electron chi connectivity index (χ1n) is 9.91. The monoisotopic (exact) mass is 335 g/mol. The maximum Gasteiger partial charge on any atom is 0.193 e. The Hall–Kier alpha value is -0.810. The van der Waals surface area contributed by atoms with E-state index in [0.717, 1.165) is 50.0 Å². The maximum absolute atomic E-state index is 4.49. The van der Waals surface area contributed by atoms with E-state index in [2.05, 4.69) is 46.2 Å². The number of hydrogen-bond acceptors (Lipinski definition) is 3. The predicted octanol–water partition coefficient (Wildman–Crippen LogP) is 1.76. The van der Waals surface area contributed by atoms with Gasteiger partial charge in [0.1, 0.15) is 0 Å². The van der Waals surface area contributed by atoms with Crippen molar-refractivity contribution in [2.24, 2.45) is 16.8 Å². The summed E-state index contributed by atoms with van der Waals surface area (Å²) in [4.78, 5) is 9.70. The van der Waals surface area contributed by atoms with E-state index in [1.807, 2.05) is 7.05 Å². The van der Waals surface area contributed by atoms with Gasteiger partial charge >= 0.3 is 0 Å². The Labute approximate surface area is 148 Å². The van der Waals surface area contributed by atoms with Gasteiger partial charge in [-0.3, -0.25) is 9.89 Å². The summed E-state index contributed by atoms with van der Waals surface area (Å²) < 4.78 is 0. The van der Waals surface area contributed by atoms with Gasteiger partial charge in [-0.2, -0.15) is 0 Å². The molecule has 0 aromatic heterocycles. The van der Waals surface area contributed by atoms with Gasteiger partial charge in [0.25, 0.3) is 0 Å². The van der Waals surface area contributed by atoms with E-state index in [0.29, 0.717) is 0 Å². The number of guanidine groups is 1. The standard InChI is InChI=1S/C19H37N5/c1-19(2,3)22-8-7-21-18(20-4)24-11-9-23(10-12-24)17-14-15-5-6-16(17)13-15/h15-17,22H,5-14H2,1-4H3,(H,20,21). The Balaban J connectivity index is 1.40. The van der Waals surface area contributed by atoms with E-state index in [1.165, 1.54) is 38.8 Å². The summed E-state index contributed by atoms with van der Waals surface area (Å²) in [7, 11) is 1.90. The first-order chi connectivity index (χ1) is 11.5. The van der Waals surface area contributed by atoms with Crippen molar-refractivity contribution >= 4 is 5.96 Å². The molecule has 0 aromatic carbocycles. The molecule has 0 radical (unpaired) electrons. The fraction of sp³-hybridized carbons (Fsp3) is 0.947. The molecule has 2 bridgehead atoms. The number of fused-ring (bicyclic) bond motifs is 2. The minimum atomic E-state index is 0.178. The van der Waals surface area contributed by atoms with Crippen LogP contribution in [0.5, 0.6) is 0 Å². The fourth-order valence-corrected chi connectivity index (χ4v) is 4.87. The summed E-state index contributed by atoms with van der Waals surface area (Å²) in [5, 5.41) is 7.04. The van der Waals surface area contributed by atoms with E-state index in [1.54, 1.807) is 0 Å². The number of rotatable bonds is 4. The van der Waals surface area contributed by atoms with Crippen molar-refractivity contribution in [2.45, 2.75) is 58.0 Å². The minimum Gasteiger partial charge on any atom is -0.355 e. The summed E-state index contributed by atoms with van der Waals surface area (Å²) in [5.74, 6) is 3.11. The molecule has 3 rings (SSSR count). The average molecular weight is 336 g/mol. The third-order valence-corrected chi connectivity index (χ3v) is 6.06. The molecule has 2 N–H and O–H groups in total. The van der Waals surface area contributed by atoms with Crippen molar-refractivity contribution in [1.29, 1.82) is 0 Å². The van der Waals surface area contributed by atoms with Crippen molar-refractivity contribution in [3.63, 3.8) is 0 Å². The third-order valence-electron chi connectivity index (χ3n) is 6.06. The van der Waals surface area contributed by atoms with Crippen molar-refractivity contribution in [2.75, 3.05) is 46.3 Å². The molecule has 3 fully saturated rings. The van der Waals surface area contributed by atoms with Crippen molar-refractivity contribution in [3.05, 3.63) is 0 Å². The first-order valence-corrected chi connectivity index (χ1v) is 9.91. The van der Waals surface area contributed by atoms with Crippen LogP contribution in [0.4, 0.5) is 0 Å². The molecule has 5 heteroatoms. The maximum atomic E-state index is 4.49. The zero-order valence-corrected chi connectivity index (χ0v) is 16.1. The van der Waals surface area contributed by atoms with Crippen LogP contribution in [-0.2, 0) is 0 Å². The molecule has 3 aliphatic rings. The number of aliphatic imine (C=N–C) groups is 1. The molecule has 2 aliphatic carbocycles. The zero-order valence-electron chi connectivity index (χ0n) is 16.1. The predicted molar refractivity (Wildman–Crippen MR) is 101 cm³/mol. The highest BCUT2D eigenvalue weighted by Crippen LogP contribution is 2.46. The van der Waals surface area contributed by atoms with Gasteiger partial charge < -0.3 is 15.5 Å². The van der Waals surface area contributed by atoms with Crippen LogP contribution in [0.1, 0.15) is 46.5 Å². The lowest BCUT2D eigenvalue weighted by atomic mass is 9.93. The average Bonchev–Trinajstić information content (AvgIpc) is 3.17. The molecule has 0 amide bonds. The van der Waals surface area contributed by atoms with E-state index in [-0.39, 0.29) is 5.54 Å².